The Bertz CT molecular complexity index is 208. The lowest BCUT2D eigenvalue weighted by Gasteiger charge is -2.05. The first kappa shape index (κ1) is 9.48. The summed E-state index contributed by atoms with van der Waals surface area (Å²) in [5, 5.41) is 0. The molecule has 0 fully saturated rings. The number of hydrogen-bond acceptors (Lipinski definition) is 1. The second-order valence-electron chi connectivity index (χ2n) is 3.34. The lowest BCUT2D eigenvalue weighted by atomic mass is 10.2. The lowest BCUT2D eigenvalue weighted by molar-refractivity contribution is 0.880. The average molecular weight is 179 g/mol. The monoisotopic (exact) mass is 179 g/mol. The first-order valence-corrected chi connectivity index (χ1v) is 7.45. The van der Waals surface area contributed by atoms with Gasteiger partial charge in [-0.3, -0.25) is 0 Å². The molecule has 1 aromatic rings. The highest BCUT2D eigenvalue weighted by molar-refractivity contribution is 6.52. The van der Waals surface area contributed by atoms with E-state index in [2.05, 4.69) is 48.4 Å². The second-order valence-corrected chi connectivity index (χ2v) is 6.06. The first-order valence-electron chi connectivity index (χ1n) is 4.56. The van der Waals surface area contributed by atoms with Gasteiger partial charge in [0.05, 0.1) is 0 Å². The van der Waals surface area contributed by atoms with Gasteiger partial charge < -0.3 is 4.98 Å². The van der Waals surface area contributed by atoms with Crippen LogP contribution < -0.4 is 4.98 Å². The summed E-state index contributed by atoms with van der Waals surface area (Å²) in [6, 6.07) is 10.6. The SMILES string of the molecule is C[SiH](C)NCCc1ccccc1. The van der Waals surface area contributed by atoms with Gasteiger partial charge in [-0.05, 0) is 18.5 Å². The summed E-state index contributed by atoms with van der Waals surface area (Å²) >= 11 is 0. The third-order valence-corrected chi connectivity index (χ3v) is 2.91. The van der Waals surface area contributed by atoms with Crippen molar-refractivity contribution in [1.29, 1.82) is 0 Å². The van der Waals surface area contributed by atoms with Gasteiger partial charge in [0.15, 0.2) is 0 Å². The van der Waals surface area contributed by atoms with Crippen molar-refractivity contribution in [3.8, 4) is 0 Å². The third-order valence-electron chi connectivity index (χ3n) is 1.81. The van der Waals surface area contributed by atoms with Crippen molar-refractivity contribution in [3.05, 3.63) is 35.9 Å². The minimum Gasteiger partial charge on any atom is -0.339 e. The van der Waals surface area contributed by atoms with E-state index in [-0.39, 0.29) is 0 Å². The summed E-state index contributed by atoms with van der Waals surface area (Å²) in [5.74, 6) is 0. The van der Waals surface area contributed by atoms with E-state index in [0.29, 0.717) is 0 Å². The Kier molecular flexibility index (Phi) is 4.04. The molecule has 0 aromatic heterocycles. The van der Waals surface area contributed by atoms with Gasteiger partial charge in [-0.25, -0.2) is 0 Å². The fraction of sp³-hybridized carbons (Fsp3) is 0.400. The van der Waals surface area contributed by atoms with Crippen LogP contribution in [0, 0.1) is 0 Å². The number of benzene rings is 1. The van der Waals surface area contributed by atoms with Gasteiger partial charge in [-0.2, -0.15) is 0 Å². The smallest absolute Gasteiger partial charge is 0.102 e. The van der Waals surface area contributed by atoms with Crippen LogP contribution in [0.3, 0.4) is 0 Å². The fourth-order valence-corrected chi connectivity index (χ4v) is 1.87. The summed E-state index contributed by atoms with van der Waals surface area (Å²) in [6.07, 6.45) is 1.16. The first-order chi connectivity index (χ1) is 5.79. The van der Waals surface area contributed by atoms with E-state index in [0.717, 1.165) is 13.0 Å². The molecule has 0 radical (unpaired) electrons. The second kappa shape index (κ2) is 5.12. The predicted octanol–water partition coefficient (Wildman–Crippen LogP) is 1.80. The minimum absolute atomic E-state index is 0.562. The molecule has 1 rings (SSSR count). The maximum absolute atomic E-state index is 3.53. The zero-order chi connectivity index (χ0) is 8.81. The highest BCUT2D eigenvalue weighted by atomic mass is 28.3. The molecule has 1 nitrogen and oxygen atoms in total. The molecule has 1 N–H and O–H groups in total. The van der Waals surface area contributed by atoms with E-state index in [4.69, 9.17) is 0 Å². The zero-order valence-electron chi connectivity index (χ0n) is 7.88. The molecule has 0 spiro atoms. The van der Waals surface area contributed by atoms with Crippen molar-refractivity contribution in [1.82, 2.24) is 4.98 Å². The molecule has 0 amide bonds. The maximum atomic E-state index is 3.53. The van der Waals surface area contributed by atoms with Crippen LogP contribution in [0.5, 0.6) is 0 Å². The van der Waals surface area contributed by atoms with Crippen LogP contribution in [0.2, 0.25) is 13.1 Å². The highest BCUT2D eigenvalue weighted by Crippen LogP contribution is 1.97. The van der Waals surface area contributed by atoms with E-state index in [1.165, 1.54) is 5.56 Å². The molecular weight excluding hydrogens is 162 g/mol. The fourth-order valence-electron chi connectivity index (χ4n) is 1.15. The number of rotatable bonds is 4. The molecule has 0 saturated carbocycles. The molecule has 12 heavy (non-hydrogen) atoms. The maximum Gasteiger partial charge on any atom is 0.102 e. The lowest BCUT2D eigenvalue weighted by Crippen LogP contribution is -2.29. The van der Waals surface area contributed by atoms with Crippen molar-refractivity contribution >= 4 is 8.96 Å². The van der Waals surface area contributed by atoms with E-state index >= 15 is 0 Å². The molecule has 0 unspecified atom stereocenters. The Hall–Kier alpha value is -0.603. The molecule has 0 saturated heterocycles. The highest BCUT2D eigenvalue weighted by Gasteiger charge is 1.94. The van der Waals surface area contributed by atoms with Crippen LogP contribution in [0.1, 0.15) is 5.56 Å². The molecule has 0 heterocycles. The quantitative estimate of drug-likeness (QED) is 0.695. The topological polar surface area (TPSA) is 12.0 Å². The van der Waals surface area contributed by atoms with Gasteiger partial charge in [0.1, 0.15) is 8.96 Å². The van der Waals surface area contributed by atoms with Crippen molar-refractivity contribution in [2.24, 2.45) is 0 Å². The van der Waals surface area contributed by atoms with Crippen LogP contribution >= 0.6 is 0 Å². The predicted molar refractivity (Wildman–Crippen MR) is 57.0 cm³/mol. The van der Waals surface area contributed by atoms with Gasteiger partial charge in [-0.1, -0.05) is 43.4 Å². The van der Waals surface area contributed by atoms with Gasteiger partial charge >= 0.3 is 0 Å². The molecule has 0 aliphatic heterocycles. The summed E-state index contributed by atoms with van der Waals surface area (Å²) in [5.41, 5.74) is 1.43. The van der Waals surface area contributed by atoms with Gasteiger partial charge in [-0.15, -0.1) is 0 Å². The molecule has 0 atom stereocenters. The molecule has 66 valence electrons. The normalized spacial score (nSPS) is 10.6. The van der Waals surface area contributed by atoms with Crippen LogP contribution in [0.25, 0.3) is 0 Å². The van der Waals surface area contributed by atoms with Crippen LogP contribution in [-0.4, -0.2) is 15.5 Å². The largest absolute Gasteiger partial charge is 0.339 e. The Balaban J connectivity index is 2.25. The van der Waals surface area contributed by atoms with Crippen LogP contribution in [-0.2, 0) is 6.42 Å². The van der Waals surface area contributed by atoms with Crippen molar-refractivity contribution in [2.45, 2.75) is 19.5 Å². The molecule has 1 aromatic carbocycles. The Morgan fingerprint density at radius 1 is 1.17 bits per heavy atom. The Morgan fingerprint density at radius 3 is 2.42 bits per heavy atom. The summed E-state index contributed by atoms with van der Waals surface area (Å²) in [4.78, 5) is 3.53. The molecular formula is C10H17NSi. The summed E-state index contributed by atoms with van der Waals surface area (Å²) in [7, 11) is -0.562. The van der Waals surface area contributed by atoms with Crippen molar-refractivity contribution in [3.63, 3.8) is 0 Å². The van der Waals surface area contributed by atoms with E-state index in [9.17, 15) is 0 Å². The third kappa shape index (κ3) is 3.69. The summed E-state index contributed by atoms with van der Waals surface area (Å²) in [6.45, 7) is 5.75. The van der Waals surface area contributed by atoms with Crippen LogP contribution in [0.15, 0.2) is 30.3 Å². The van der Waals surface area contributed by atoms with Gasteiger partial charge in [0.2, 0.25) is 0 Å². The van der Waals surface area contributed by atoms with Gasteiger partial charge in [0.25, 0.3) is 0 Å². The van der Waals surface area contributed by atoms with Crippen molar-refractivity contribution < 1.29 is 0 Å². The molecule has 0 aliphatic carbocycles. The molecule has 0 aliphatic rings. The standard InChI is InChI=1S/C10H17NSi/c1-12(2)11-9-8-10-6-4-3-5-7-10/h3-7,11-12H,8-9H2,1-2H3. The zero-order valence-corrected chi connectivity index (χ0v) is 9.03. The van der Waals surface area contributed by atoms with Crippen LogP contribution in [0.4, 0.5) is 0 Å². The number of hydrogen-bond donors (Lipinski definition) is 1. The van der Waals surface area contributed by atoms with E-state index in [1.807, 2.05) is 0 Å². The van der Waals surface area contributed by atoms with E-state index < -0.39 is 8.96 Å². The Morgan fingerprint density at radius 2 is 1.83 bits per heavy atom. The molecule has 2 heteroatoms. The van der Waals surface area contributed by atoms with Crippen molar-refractivity contribution in [2.75, 3.05) is 6.54 Å². The average Bonchev–Trinajstić information content (AvgIpc) is 2.05. The van der Waals surface area contributed by atoms with E-state index in [1.54, 1.807) is 0 Å². The molecule has 0 bridgehead atoms. The minimum atomic E-state index is -0.562. The number of nitrogens with one attached hydrogen (secondary N) is 1. The summed E-state index contributed by atoms with van der Waals surface area (Å²) < 4.78 is 0. The Labute approximate surface area is 76.5 Å². The van der Waals surface area contributed by atoms with Gasteiger partial charge in [0, 0.05) is 0 Å².